The fourth-order valence-corrected chi connectivity index (χ4v) is 2.00. The molecule has 1 aliphatic heterocycles. The van der Waals surface area contributed by atoms with Gasteiger partial charge in [0.25, 0.3) is 0 Å². The van der Waals surface area contributed by atoms with E-state index in [4.69, 9.17) is 9.47 Å². The monoisotopic (exact) mass is 251 g/mol. The van der Waals surface area contributed by atoms with Crippen LogP contribution < -0.4 is 0 Å². The van der Waals surface area contributed by atoms with Crippen molar-refractivity contribution in [2.24, 2.45) is 0 Å². The number of aliphatic hydroxyl groups excluding tert-OH is 1. The molecule has 0 bridgehead atoms. The number of hydrogen-bond donors (Lipinski definition) is 1. The van der Waals surface area contributed by atoms with Gasteiger partial charge in [-0.1, -0.05) is 30.3 Å². The van der Waals surface area contributed by atoms with Gasteiger partial charge < -0.3 is 14.6 Å². The maximum absolute atomic E-state index is 11.8. The van der Waals surface area contributed by atoms with Gasteiger partial charge in [-0.05, 0) is 5.56 Å². The predicted molar refractivity (Wildman–Crippen MR) is 64.8 cm³/mol. The van der Waals surface area contributed by atoms with E-state index in [9.17, 15) is 9.90 Å². The Kier molecular flexibility index (Phi) is 4.17. The van der Waals surface area contributed by atoms with Crippen molar-refractivity contribution in [1.29, 1.82) is 0 Å². The summed E-state index contributed by atoms with van der Waals surface area (Å²) in [6.07, 6.45) is -0.971. The molecule has 1 aromatic carbocycles. The minimum absolute atomic E-state index is 0.225. The Balaban J connectivity index is 1.88. The molecule has 5 heteroatoms. The number of aliphatic hydroxyl groups is 1. The molecule has 1 aromatic rings. The fraction of sp³-hybridized carbons (Fsp3) is 0.462. The van der Waals surface area contributed by atoms with E-state index in [1.807, 2.05) is 30.3 Å². The normalized spacial score (nSPS) is 23.1. The zero-order valence-electron chi connectivity index (χ0n) is 10.3. The molecule has 1 aliphatic rings. The Morgan fingerprint density at radius 1 is 1.44 bits per heavy atom. The van der Waals surface area contributed by atoms with Crippen LogP contribution in [-0.4, -0.2) is 42.1 Å². The van der Waals surface area contributed by atoms with Gasteiger partial charge in [0.05, 0.1) is 12.6 Å². The van der Waals surface area contributed by atoms with Gasteiger partial charge in [0.15, 0.2) is 0 Å². The Morgan fingerprint density at radius 2 is 2.17 bits per heavy atom. The highest BCUT2D eigenvalue weighted by molar-refractivity contribution is 5.68. The third-order valence-corrected chi connectivity index (χ3v) is 2.94. The van der Waals surface area contributed by atoms with Crippen molar-refractivity contribution in [3.05, 3.63) is 35.9 Å². The number of methoxy groups -OCH3 is 1. The van der Waals surface area contributed by atoms with Crippen molar-refractivity contribution in [1.82, 2.24) is 4.90 Å². The number of carbonyl (C=O) groups is 1. The number of benzene rings is 1. The van der Waals surface area contributed by atoms with Gasteiger partial charge in [0.2, 0.25) is 0 Å². The molecule has 98 valence electrons. The summed E-state index contributed by atoms with van der Waals surface area (Å²) in [6, 6.07) is 9.46. The molecule has 2 atom stereocenters. The highest BCUT2D eigenvalue weighted by Gasteiger charge is 2.35. The van der Waals surface area contributed by atoms with E-state index in [0.717, 1.165) is 5.56 Å². The van der Waals surface area contributed by atoms with E-state index in [1.54, 1.807) is 0 Å². The second-order valence-corrected chi connectivity index (χ2v) is 4.27. The fourth-order valence-electron chi connectivity index (χ4n) is 2.00. The van der Waals surface area contributed by atoms with Gasteiger partial charge in [-0.2, -0.15) is 0 Å². The van der Waals surface area contributed by atoms with Gasteiger partial charge >= 0.3 is 6.09 Å². The largest absolute Gasteiger partial charge is 0.444 e. The molecule has 1 heterocycles. The molecule has 0 saturated carbocycles. The third kappa shape index (κ3) is 3.00. The van der Waals surface area contributed by atoms with Crippen molar-refractivity contribution in [2.45, 2.75) is 25.4 Å². The standard InChI is InChI=1S/C13H17NO4/c1-17-12-7-11(15)8-14(12)13(16)18-9-10-5-3-2-4-6-10/h2-6,11-12,15H,7-9H2,1H3/t11-,12-/m1/s1. The van der Waals surface area contributed by atoms with E-state index in [-0.39, 0.29) is 13.2 Å². The smallest absolute Gasteiger partial charge is 0.412 e. The van der Waals surface area contributed by atoms with E-state index in [1.165, 1.54) is 12.0 Å². The van der Waals surface area contributed by atoms with Crippen LogP contribution in [0.1, 0.15) is 12.0 Å². The molecular formula is C13H17NO4. The maximum Gasteiger partial charge on any atom is 0.412 e. The molecule has 1 saturated heterocycles. The van der Waals surface area contributed by atoms with E-state index in [0.29, 0.717) is 6.42 Å². The van der Waals surface area contributed by atoms with Crippen molar-refractivity contribution < 1.29 is 19.4 Å². The third-order valence-electron chi connectivity index (χ3n) is 2.94. The second kappa shape index (κ2) is 5.84. The number of nitrogens with zero attached hydrogens (tertiary/aromatic N) is 1. The van der Waals surface area contributed by atoms with Crippen LogP contribution in [-0.2, 0) is 16.1 Å². The molecule has 1 amide bonds. The van der Waals surface area contributed by atoms with Crippen LogP contribution in [0.25, 0.3) is 0 Å². The first-order chi connectivity index (χ1) is 8.70. The summed E-state index contributed by atoms with van der Waals surface area (Å²) in [7, 11) is 1.51. The number of ether oxygens (including phenoxy) is 2. The van der Waals surface area contributed by atoms with E-state index < -0.39 is 18.4 Å². The highest BCUT2D eigenvalue weighted by Crippen LogP contribution is 2.19. The zero-order valence-corrected chi connectivity index (χ0v) is 10.3. The lowest BCUT2D eigenvalue weighted by atomic mass is 10.2. The first kappa shape index (κ1) is 12.9. The predicted octanol–water partition coefficient (Wildman–Crippen LogP) is 1.36. The molecule has 1 fully saturated rings. The summed E-state index contributed by atoms with van der Waals surface area (Å²) >= 11 is 0. The first-order valence-electron chi connectivity index (χ1n) is 5.89. The number of likely N-dealkylation sites (tertiary alicyclic amines) is 1. The number of amides is 1. The van der Waals surface area contributed by atoms with Crippen molar-refractivity contribution in [3.8, 4) is 0 Å². The molecule has 5 nitrogen and oxygen atoms in total. The highest BCUT2D eigenvalue weighted by atomic mass is 16.6. The molecular weight excluding hydrogens is 234 g/mol. The van der Waals surface area contributed by atoms with Crippen molar-refractivity contribution in [2.75, 3.05) is 13.7 Å². The quantitative estimate of drug-likeness (QED) is 0.881. The molecule has 2 rings (SSSR count). The summed E-state index contributed by atoms with van der Waals surface area (Å²) in [5.41, 5.74) is 0.930. The molecule has 0 unspecified atom stereocenters. The van der Waals surface area contributed by atoms with E-state index >= 15 is 0 Å². The van der Waals surface area contributed by atoms with Gasteiger partial charge in [0.1, 0.15) is 12.8 Å². The van der Waals surface area contributed by atoms with Crippen LogP contribution in [0.15, 0.2) is 30.3 Å². The summed E-state index contributed by atoms with van der Waals surface area (Å²) in [5.74, 6) is 0. The molecule has 0 aromatic heterocycles. The number of hydrogen-bond acceptors (Lipinski definition) is 4. The van der Waals surface area contributed by atoms with E-state index in [2.05, 4.69) is 0 Å². The Labute approximate surface area is 106 Å². The van der Waals surface area contributed by atoms with Crippen molar-refractivity contribution in [3.63, 3.8) is 0 Å². The van der Waals surface area contributed by atoms with Crippen molar-refractivity contribution >= 4 is 6.09 Å². The van der Waals surface area contributed by atoms with Gasteiger partial charge in [-0.3, -0.25) is 4.90 Å². The van der Waals surface area contributed by atoms with Crippen LogP contribution >= 0.6 is 0 Å². The second-order valence-electron chi connectivity index (χ2n) is 4.27. The van der Waals surface area contributed by atoms with Gasteiger partial charge in [0, 0.05) is 13.5 Å². The number of rotatable bonds is 3. The van der Waals surface area contributed by atoms with Gasteiger partial charge in [-0.15, -0.1) is 0 Å². The summed E-state index contributed by atoms with van der Waals surface area (Å²) in [6.45, 7) is 0.481. The van der Waals surface area contributed by atoms with Crippen LogP contribution in [0, 0.1) is 0 Å². The van der Waals surface area contributed by atoms with Gasteiger partial charge in [-0.25, -0.2) is 4.79 Å². The molecule has 0 radical (unpaired) electrons. The number of β-amino-alcohol motifs (C(OH)–C–C–N with tert-alkyl or cyclic N) is 1. The average Bonchev–Trinajstić information content (AvgIpc) is 2.78. The topological polar surface area (TPSA) is 59.0 Å². The molecule has 0 spiro atoms. The maximum atomic E-state index is 11.8. The lowest BCUT2D eigenvalue weighted by Gasteiger charge is -2.22. The summed E-state index contributed by atoms with van der Waals surface area (Å²) in [4.78, 5) is 13.3. The van der Waals surface area contributed by atoms with Crippen LogP contribution in [0.4, 0.5) is 4.79 Å². The lowest BCUT2D eigenvalue weighted by Crippen LogP contribution is -2.37. The summed E-state index contributed by atoms with van der Waals surface area (Å²) < 4.78 is 10.3. The Bertz CT molecular complexity index is 395. The summed E-state index contributed by atoms with van der Waals surface area (Å²) in [5, 5.41) is 9.51. The number of carbonyl (C=O) groups excluding carboxylic acids is 1. The SMILES string of the molecule is CO[C@@H]1C[C@@H](O)CN1C(=O)OCc1ccccc1. The average molecular weight is 251 g/mol. The Morgan fingerprint density at radius 3 is 2.83 bits per heavy atom. The van der Waals surface area contributed by atoms with Crippen LogP contribution in [0.3, 0.4) is 0 Å². The van der Waals surface area contributed by atoms with Crippen LogP contribution in [0.5, 0.6) is 0 Å². The minimum atomic E-state index is -0.542. The molecule has 1 N–H and O–H groups in total. The van der Waals surface area contributed by atoms with Crippen LogP contribution in [0.2, 0.25) is 0 Å². The molecule has 18 heavy (non-hydrogen) atoms. The molecule has 0 aliphatic carbocycles. The lowest BCUT2D eigenvalue weighted by molar-refractivity contribution is -0.00781. The Hall–Kier alpha value is -1.59. The zero-order chi connectivity index (χ0) is 13.0. The first-order valence-corrected chi connectivity index (χ1v) is 5.89. The minimum Gasteiger partial charge on any atom is -0.444 e.